The second-order valence-corrected chi connectivity index (χ2v) is 2.84. The molecule has 2 heterocycles. The van der Waals surface area contributed by atoms with E-state index in [1.165, 1.54) is 0 Å². The van der Waals surface area contributed by atoms with E-state index in [9.17, 15) is 10.0 Å². The molecule has 2 fully saturated rings. The van der Waals surface area contributed by atoms with E-state index >= 15 is 0 Å². The van der Waals surface area contributed by atoms with Gasteiger partial charge < -0.3 is 14.6 Å². The van der Waals surface area contributed by atoms with Crippen molar-refractivity contribution in [3.8, 4) is 0 Å². The van der Waals surface area contributed by atoms with E-state index in [0.717, 1.165) is 0 Å². The highest BCUT2D eigenvalue weighted by Crippen LogP contribution is 2.28. The first-order valence-corrected chi connectivity index (χ1v) is 3.56. The van der Waals surface area contributed by atoms with Gasteiger partial charge in [0.15, 0.2) is 0 Å². The molecule has 4 atom stereocenters. The normalized spacial score (nSPS) is 49.2. The van der Waals surface area contributed by atoms with Crippen molar-refractivity contribution >= 4 is 0 Å². The van der Waals surface area contributed by atoms with Gasteiger partial charge in [0.1, 0.15) is 24.4 Å². The summed E-state index contributed by atoms with van der Waals surface area (Å²) in [6, 6.07) is -0.433. The van der Waals surface area contributed by atoms with Gasteiger partial charge in [-0.25, -0.2) is 0 Å². The number of nitroso groups, excluding NO2 is 1. The summed E-state index contributed by atoms with van der Waals surface area (Å²) < 4.78 is 10.2. The average molecular weight is 159 g/mol. The molecule has 0 aliphatic carbocycles. The fraction of sp³-hybridized carbons (Fsp3) is 1.00. The van der Waals surface area contributed by atoms with Crippen LogP contribution in [0.15, 0.2) is 5.18 Å². The van der Waals surface area contributed by atoms with E-state index < -0.39 is 12.1 Å². The molecule has 0 saturated carbocycles. The largest absolute Gasteiger partial charge is 0.388 e. The van der Waals surface area contributed by atoms with Crippen molar-refractivity contribution in [2.45, 2.75) is 24.4 Å². The van der Waals surface area contributed by atoms with Crippen LogP contribution in [0.3, 0.4) is 0 Å². The summed E-state index contributed by atoms with van der Waals surface area (Å²) in [6.45, 7) is 0.525. The third kappa shape index (κ3) is 0.962. The van der Waals surface area contributed by atoms with Crippen LogP contribution < -0.4 is 0 Å². The van der Waals surface area contributed by atoms with Crippen LogP contribution in [0.2, 0.25) is 0 Å². The SMILES string of the molecule is O=N[C@H]1CO[C@H]2[C@@H]1OC[C@@H]2O. The quantitative estimate of drug-likeness (QED) is 0.512. The average Bonchev–Trinajstić information content (AvgIpc) is 2.53. The molecule has 0 amide bonds. The van der Waals surface area contributed by atoms with Crippen molar-refractivity contribution < 1.29 is 14.6 Å². The monoisotopic (exact) mass is 159 g/mol. The molecular weight excluding hydrogens is 150 g/mol. The Morgan fingerprint density at radius 3 is 2.73 bits per heavy atom. The third-order valence-electron chi connectivity index (χ3n) is 2.14. The number of fused-ring (bicyclic) bond motifs is 1. The lowest BCUT2D eigenvalue weighted by molar-refractivity contribution is 0.0182. The fourth-order valence-corrected chi connectivity index (χ4v) is 1.55. The first-order valence-electron chi connectivity index (χ1n) is 3.56. The molecular formula is C6H9NO4. The molecule has 2 rings (SSSR count). The van der Waals surface area contributed by atoms with Crippen LogP contribution in [0, 0.1) is 4.91 Å². The molecule has 5 nitrogen and oxygen atoms in total. The Hall–Kier alpha value is -0.520. The molecule has 0 bridgehead atoms. The zero-order valence-electron chi connectivity index (χ0n) is 5.84. The molecule has 0 spiro atoms. The molecule has 0 radical (unpaired) electrons. The maximum atomic E-state index is 10.2. The standard InChI is InChI=1S/C6H9NO4/c8-4-2-11-5-3(7-9)1-10-6(4)5/h3-6,8H,1-2H2/t3-,4-,5+,6+/m0/s1. The van der Waals surface area contributed by atoms with Crippen molar-refractivity contribution in [2.24, 2.45) is 5.18 Å². The van der Waals surface area contributed by atoms with Gasteiger partial charge in [0.25, 0.3) is 0 Å². The third-order valence-corrected chi connectivity index (χ3v) is 2.14. The van der Waals surface area contributed by atoms with E-state index in [1.54, 1.807) is 0 Å². The highest BCUT2D eigenvalue weighted by Gasteiger charge is 2.47. The highest BCUT2D eigenvalue weighted by molar-refractivity contribution is 4.97. The zero-order valence-corrected chi connectivity index (χ0v) is 5.84. The number of aliphatic hydroxyl groups is 1. The van der Waals surface area contributed by atoms with E-state index in [1.807, 2.05) is 0 Å². The first kappa shape index (κ1) is 7.15. The predicted molar refractivity (Wildman–Crippen MR) is 35.1 cm³/mol. The Balaban J connectivity index is 2.10. The summed E-state index contributed by atoms with van der Waals surface area (Å²) in [4.78, 5) is 10.2. The summed E-state index contributed by atoms with van der Waals surface area (Å²) in [5.41, 5.74) is 0. The topological polar surface area (TPSA) is 68.1 Å². The maximum absolute atomic E-state index is 10.2. The van der Waals surface area contributed by atoms with E-state index in [4.69, 9.17) is 9.47 Å². The van der Waals surface area contributed by atoms with Gasteiger partial charge in [0.2, 0.25) is 0 Å². The number of hydrogen-bond donors (Lipinski definition) is 1. The molecule has 2 saturated heterocycles. The number of rotatable bonds is 1. The molecule has 2 aliphatic heterocycles. The predicted octanol–water partition coefficient (Wildman–Crippen LogP) is -0.720. The molecule has 0 aromatic rings. The lowest BCUT2D eigenvalue weighted by Crippen LogP contribution is -2.30. The molecule has 62 valence electrons. The summed E-state index contributed by atoms with van der Waals surface area (Å²) in [6.07, 6.45) is -1.24. The van der Waals surface area contributed by atoms with Crippen molar-refractivity contribution in [2.75, 3.05) is 13.2 Å². The lowest BCUT2D eigenvalue weighted by Gasteiger charge is -2.08. The van der Waals surface area contributed by atoms with Crippen LogP contribution in [-0.4, -0.2) is 42.7 Å². The number of ether oxygens (including phenoxy) is 2. The van der Waals surface area contributed by atoms with Gasteiger partial charge in [0.05, 0.1) is 13.2 Å². The second-order valence-electron chi connectivity index (χ2n) is 2.84. The first-order chi connectivity index (χ1) is 5.33. The van der Waals surface area contributed by atoms with Gasteiger partial charge in [-0.15, -0.1) is 0 Å². The van der Waals surface area contributed by atoms with E-state index in [-0.39, 0.29) is 25.4 Å². The minimum absolute atomic E-state index is 0.251. The van der Waals surface area contributed by atoms with Crippen LogP contribution in [-0.2, 0) is 9.47 Å². The van der Waals surface area contributed by atoms with E-state index in [0.29, 0.717) is 0 Å². The van der Waals surface area contributed by atoms with Gasteiger partial charge in [-0.2, -0.15) is 4.91 Å². The molecule has 11 heavy (non-hydrogen) atoms. The van der Waals surface area contributed by atoms with Crippen LogP contribution >= 0.6 is 0 Å². The Bertz CT molecular complexity index is 174. The van der Waals surface area contributed by atoms with Gasteiger partial charge in [-0.05, 0) is 0 Å². The maximum Gasteiger partial charge on any atom is 0.144 e. The number of aliphatic hydroxyl groups excluding tert-OH is 1. The minimum atomic E-state index is -0.591. The fourth-order valence-electron chi connectivity index (χ4n) is 1.55. The molecule has 0 unspecified atom stereocenters. The molecule has 2 aliphatic rings. The van der Waals surface area contributed by atoms with Crippen LogP contribution in [0.1, 0.15) is 0 Å². The summed E-state index contributed by atoms with van der Waals surface area (Å²) >= 11 is 0. The summed E-state index contributed by atoms with van der Waals surface area (Å²) in [5, 5.41) is 12.1. The van der Waals surface area contributed by atoms with Gasteiger partial charge in [-0.3, -0.25) is 0 Å². The minimum Gasteiger partial charge on any atom is -0.388 e. The van der Waals surface area contributed by atoms with Crippen LogP contribution in [0.4, 0.5) is 0 Å². The van der Waals surface area contributed by atoms with Crippen molar-refractivity contribution in [1.29, 1.82) is 0 Å². The number of nitrogens with zero attached hydrogens (tertiary/aromatic N) is 1. The van der Waals surface area contributed by atoms with Gasteiger partial charge >= 0.3 is 0 Å². The van der Waals surface area contributed by atoms with Crippen molar-refractivity contribution in [3.63, 3.8) is 0 Å². The molecule has 1 N–H and O–H groups in total. The van der Waals surface area contributed by atoms with Crippen molar-refractivity contribution in [1.82, 2.24) is 0 Å². The van der Waals surface area contributed by atoms with E-state index in [2.05, 4.69) is 5.18 Å². The molecule has 0 aromatic heterocycles. The number of hydrogen-bond acceptors (Lipinski definition) is 5. The second kappa shape index (κ2) is 2.51. The Morgan fingerprint density at radius 2 is 2.00 bits per heavy atom. The Kier molecular flexibility index (Phi) is 1.63. The molecule has 5 heteroatoms. The van der Waals surface area contributed by atoms with Crippen LogP contribution in [0.5, 0.6) is 0 Å². The summed E-state index contributed by atoms with van der Waals surface area (Å²) in [5.74, 6) is 0. The lowest BCUT2D eigenvalue weighted by atomic mass is 10.1. The smallest absolute Gasteiger partial charge is 0.144 e. The summed E-state index contributed by atoms with van der Waals surface area (Å²) in [7, 11) is 0. The van der Waals surface area contributed by atoms with Gasteiger partial charge in [-0.1, -0.05) is 5.18 Å². The van der Waals surface area contributed by atoms with Crippen LogP contribution in [0.25, 0.3) is 0 Å². The Labute approximate surface area is 63.3 Å². The van der Waals surface area contributed by atoms with Crippen molar-refractivity contribution in [3.05, 3.63) is 4.91 Å². The Morgan fingerprint density at radius 1 is 1.27 bits per heavy atom. The highest BCUT2D eigenvalue weighted by atomic mass is 16.6. The molecule has 0 aromatic carbocycles. The zero-order chi connectivity index (χ0) is 7.84. The van der Waals surface area contributed by atoms with Gasteiger partial charge in [0, 0.05) is 0 Å².